The predicted octanol–water partition coefficient (Wildman–Crippen LogP) is 1.35. The maximum absolute atomic E-state index is 11.7. The molecule has 0 aliphatic heterocycles. The fraction of sp³-hybridized carbons (Fsp3) is 0.412. The van der Waals surface area contributed by atoms with Gasteiger partial charge in [-0.25, -0.2) is 0 Å². The third-order valence-electron chi connectivity index (χ3n) is 3.78. The van der Waals surface area contributed by atoms with Crippen molar-refractivity contribution in [2.24, 2.45) is 11.7 Å². The van der Waals surface area contributed by atoms with E-state index < -0.39 is 5.91 Å². The second-order valence-electron chi connectivity index (χ2n) is 5.63. The fourth-order valence-corrected chi connectivity index (χ4v) is 2.51. The summed E-state index contributed by atoms with van der Waals surface area (Å²) in [6, 6.07) is 7.37. The summed E-state index contributed by atoms with van der Waals surface area (Å²) in [5.41, 5.74) is 6.66. The smallest absolute Gasteiger partial charge is 0.251 e. The van der Waals surface area contributed by atoms with Gasteiger partial charge in [0.15, 0.2) is 0 Å². The lowest BCUT2D eigenvalue weighted by atomic mass is 9.94. The molecule has 2 amide bonds. The van der Waals surface area contributed by atoms with Crippen LogP contribution in [-0.4, -0.2) is 24.9 Å². The van der Waals surface area contributed by atoms with Crippen molar-refractivity contribution in [3.63, 3.8) is 0 Å². The van der Waals surface area contributed by atoms with Gasteiger partial charge in [-0.05, 0) is 49.4 Å². The van der Waals surface area contributed by atoms with Gasteiger partial charge in [0.2, 0.25) is 5.91 Å². The Morgan fingerprint density at radius 2 is 1.95 bits per heavy atom. The van der Waals surface area contributed by atoms with Gasteiger partial charge < -0.3 is 16.4 Å². The zero-order chi connectivity index (χ0) is 15.8. The maximum Gasteiger partial charge on any atom is 0.251 e. The molecule has 0 heterocycles. The Kier molecular flexibility index (Phi) is 6.15. The van der Waals surface area contributed by atoms with Crippen LogP contribution in [0.2, 0.25) is 0 Å². The Bertz CT molecular complexity index is 537. The van der Waals surface area contributed by atoms with Gasteiger partial charge in [0.05, 0.1) is 6.54 Å². The van der Waals surface area contributed by atoms with Crippen molar-refractivity contribution in [2.45, 2.75) is 25.8 Å². The fourth-order valence-electron chi connectivity index (χ4n) is 2.51. The van der Waals surface area contributed by atoms with Crippen LogP contribution >= 0.6 is 0 Å². The summed E-state index contributed by atoms with van der Waals surface area (Å²) in [4.78, 5) is 22.4. The number of carbonyl (C=O) groups is 2. The van der Waals surface area contributed by atoms with E-state index >= 15 is 0 Å². The molecule has 5 heteroatoms. The Morgan fingerprint density at radius 3 is 2.59 bits per heavy atom. The molecule has 0 radical (unpaired) electrons. The Balaban J connectivity index is 1.75. The van der Waals surface area contributed by atoms with E-state index in [4.69, 9.17) is 5.73 Å². The second-order valence-corrected chi connectivity index (χ2v) is 5.63. The first-order chi connectivity index (χ1) is 10.6. The number of nitrogens with one attached hydrogen (secondary N) is 2. The van der Waals surface area contributed by atoms with Gasteiger partial charge in [-0.15, -0.1) is 0 Å². The normalized spacial score (nSPS) is 17.2. The van der Waals surface area contributed by atoms with Crippen molar-refractivity contribution in [3.05, 3.63) is 47.5 Å². The number of allylic oxidation sites excluding steroid dienone is 2. The van der Waals surface area contributed by atoms with Crippen molar-refractivity contribution < 1.29 is 9.59 Å². The number of nitrogens with two attached hydrogens (primary N) is 1. The zero-order valence-electron chi connectivity index (χ0n) is 12.7. The molecular weight excluding hydrogens is 278 g/mol. The Labute approximate surface area is 131 Å². The molecule has 0 bridgehead atoms. The minimum atomic E-state index is -0.549. The summed E-state index contributed by atoms with van der Waals surface area (Å²) in [5.74, 6) is -0.108. The average molecular weight is 301 g/mol. The highest BCUT2D eigenvalue weighted by atomic mass is 16.2. The number of hydrogen-bond donors (Lipinski definition) is 3. The summed E-state index contributed by atoms with van der Waals surface area (Å²) >= 11 is 0. The van der Waals surface area contributed by atoms with Crippen LogP contribution in [-0.2, 0) is 11.3 Å². The van der Waals surface area contributed by atoms with Gasteiger partial charge in [-0.3, -0.25) is 9.59 Å². The molecule has 1 aliphatic rings. The predicted molar refractivity (Wildman–Crippen MR) is 86.2 cm³/mol. The van der Waals surface area contributed by atoms with E-state index in [9.17, 15) is 9.59 Å². The third kappa shape index (κ3) is 5.33. The van der Waals surface area contributed by atoms with Crippen LogP contribution in [0.4, 0.5) is 0 Å². The second kappa shape index (κ2) is 8.34. The maximum atomic E-state index is 11.7. The molecule has 1 aromatic carbocycles. The van der Waals surface area contributed by atoms with Gasteiger partial charge in [0.1, 0.15) is 0 Å². The number of primary amides is 1. The topological polar surface area (TPSA) is 84.2 Å². The van der Waals surface area contributed by atoms with Crippen molar-refractivity contribution in [1.82, 2.24) is 10.6 Å². The monoisotopic (exact) mass is 301 g/mol. The standard InChI is InChI=1S/C17H23N3O2/c18-16(21)12-20-17(22)15-8-6-14(7-9-15)11-19-10-13-4-2-1-3-5-13/h1-2,6-9,13,19H,3-5,10-12H2,(H2,18,21)(H,20,22). The highest BCUT2D eigenvalue weighted by Crippen LogP contribution is 2.17. The lowest BCUT2D eigenvalue weighted by molar-refractivity contribution is -0.117. The van der Waals surface area contributed by atoms with E-state index in [-0.39, 0.29) is 12.5 Å². The molecule has 2 rings (SSSR count). The van der Waals surface area contributed by atoms with Gasteiger partial charge in [-0.2, -0.15) is 0 Å². The SMILES string of the molecule is NC(=O)CNC(=O)c1ccc(CNCC2CC=CCC2)cc1. The number of amides is 2. The minimum absolute atomic E-state index is 0.141. The average Bonchev–Trinajstić information content (AvgIpc) is 2.54. The lowest BCUT2D eigenvalue weighted by Crippen LogP contribution is -2.33. The van der Waals surface area contributed by atoms with Crippen molar-refractivity contribution in [2.75, 3.05) is 13.1 Å². The largest absolute Gasteiger partial charge is 0.368 e. The van der Waals surface area contributed by atoms with E-state index in [1.165, 1.54) is 12.8 Å². The van der Waals surface area contributed by atoms with Gasteiger partial charge in [-0.1, -0.05) is 24.3 Å². The highest BCUT2D eigenvalue weighted by Gasteiger charge is 2.09. The van der Waals surface area contributed by atoms with Crippen LogP contribution in [0.5, 0.6) is 0 Å². The van der Waals surface area contributed by atoms with E-state index in [1.54, 1.807) is 12.1 Å². The quantitative estimate of drug-likeness (QED) is 0.665. The Morgan fingerprint density at radius 1 is 1.18 bits per heavy atom. The number of benzene rings is 1. The van der Waals surface area contributed by atoms with Crippen LogP contribution in [0, 0.1) is 5.92 Å². The number of rotatable bonds is 7. The molecule has 0 saturated carbocycles. The van der Waals surface area contributed by atoms with Crippen molar-refractivity contribution >= 4 is 11.8 Å². The van der Waals surface area contributed by atoms with Crippen LogP contribution in [0.3, 0.4) is 0 Å². The van der Waals surface area contributed by atoms with Crippen LogP contribution in [0.15, 0.2) is 36.4 Å². The molecule has 4 N–H and O–H groups in total. The molecule has 5 nitrogen and oxygen atoms in total. The summed E-state index contributed by atoms with van der Waals surface area (Å²) in [6.45, 7) is 1.67. The summed E-state index contributed by atoms with van der Waals surface area (Å²) in [6.07, 6.45) is 8.10. The first kappa shape index (κ1) is 16.2. The lowest BCUT2D eigenvalue weighted by Gasteiger charge is -2.18. The van der Waals surface area contributed by atoms with Crippen LogP contribution < -0.4 is 16.4 Å². The van der Waals surface area contributed by atoms with Crippen molar-refractivity contribution in [3.8, 4) is 0 Å². The van der Waals surface area contributed by atoms with Gasteiger partial charge in [0, 0.05) is 12.1 Å². The molecule has 118 valence electrons. The highest BCUT2D eigenvalue weighted by molar-refractivity contribution is 5.96. The molecule has 1 aromatic rings. The first-order valence-electron chi connectivity index (χ1n) is 7.66. The zero-order valence-corrected chi connectivity index (χ0v) is 12.7. The number of hydrogen-bond acceptors (Lipinski definition) is 3. The molecule has 0 saturated heterocycles. The molecule has 1 aliphatic carbocycles. The van der Waals surface area contributed by atoms with Crippen LogP contribution in [0.1, 0.15) is 35.2 Å². The summed E-state index contributed by atoms with van der Waals surface area (Å²) < 4.78 is 0. The molecule has 0 spiro atoms. The van der Waals surface area contributed by atoms with Crippen LogP contribution in [0.25, 0.3) is 0 Å². The van der Waals surface area contributed by atoms with E-state index in [1.807, 2.05) is 12.1 Å². The molecular formula is C17H23N3O2. The van der Waals surface area contributed by atoms with E-state index in [0.29, 0.717) is 5.56 Å². The molecule has 1 atom stereocenters. The molecule has 0 fully saturated rings. The van der Waals surface area contributed by atoms with E-state index in [2.05, 4.69) is 22.8 Å². The third-order valence-corrected chi connectivity index (χ3v) is 3.78. The Hall–Kier alpha value is -2.14. The molecule has 1 unspecified atom stereocenters. The first-order valence-corrected chi connectivity index (χ1v) is 7.66. The van der Waals surface area contributed by atoms with Crippen molar-refractivity contribution in [1.29, 1.82) is 0 Å². The molecule has 22 heavy (non-hydrogen) atoms. The summed E-state index contributed by atoms with van der Waals surface area (Å²) in [7, 11) is 0. The minimum Gasteiger partial charge on any atom is -0.368 e. The van der Waals surface area contributed by atoms with Gasteiger partial charge in [0.25, 0.3) is 5.91 Å². The summed E-state index contributed by atoms with van der Waals surface area (Å²) in [5, 5.41) is 5.93. The van der Waals surface area contributed by atoms with Gasteiger partial charge >= 0.3 is 0 Å². The molecule has 0 aromatic heterocycles. The number of carbonyl (C=O) groups excluding carboxylic acids is 2. The van der Waals surface area contributed by atoms with E-state index in [0.717, 1.165) is 31.0 Å².